The van der Waals surface area contributed by atoms with Gasteiger partial charge in [0.15, 0.2) is 22.9 Å². The molecule has 620 valence electrons. The number of pyridine rings is 4. The fraction of sp³-hybridized carbons (Fsp3) is 0.402. The van der Waals surface area contributed by atoms with E-state index in [9.17, 15) is 23.6 Å². The van der Waals surface area contributed by atoms with E-state index in [0.29, 0.717) is 101 Å². The van der Waals surface area contributed by atoms with E-state index in [4.69, 9.17) is 18.9 Å². The number of carbonyl (C=O) groups is 4. The second-order valence-corrected chi connectivity index (χ2v) is 32.3. The Morgan fingerprint density at radius 1 is 0.339 bits per heavy atom. The summed E-state index contributed by atoms with van der Waals surface area (Å²) in [6.45, 7) is 16.2. The number of fused-ring (bicyclic) bond motifs is 12. The van der Waals surface area contributed by atoms with Crippen molar-refractivity contribution >= 4 is 23.6 Å². The predicted octanol–water partition coefficient (Wildman–Crippen LogP) is 10.5. The SMILES string of the molecule is Cc1ccc(OC2CC3CCC2N(C(=O)c2nc(C)ccc2-n2nccn2)C3)nc1.Cc1cnc(OC2CC3CCC2N(C(=O)c2cccc(F)c2-c2ncccn2)C3)nc1.Cc1cnc(OC2CC3CCC2N(C(=O)c2nc(C)ccc2-n2nccn2)C3)cn1.Cc1cnc(OC2CC3CCC2N(C(=O)c2nc(C)ccc2-n2nccn2)C3)nc1. The van der Waals surface area contributed by atoms with Gasteiger partial charge in [0.1, 0.15) is 47.3 Å². The molecule has 8 saturated heterocycles. The van der Waals surface area contributed by atoms with E-state index in [1.54, 1.807) is 98.8 Å². The quantitative estimate of drug-likeness (QED) is 0.0867. The Labute approximate surface area is 697 Å². The van der Waals surface area contributed by atoms with Crippen molar-refractivity contribution in [3.63, 3.8) is 0 Å². The second kappa shape index (κ2) is 35.2. The van der Waals surface area contributed by atoms with Gasteiger partial charge in [-0.1, -0.05) is 12.1 Å². The highest BCUT2D eigenvalue weighted by molar-refractivity contribution is 6.01. The number of carbonyl (C=O) groups excluding carboxylic acids is 4. The number of nitrogens with zero attached hydrogens (tertiary/aromatic N) is 25. The smallest absolute Gasteiger partial charge is 0.316 e. The molecule has 33 nitrogen and oxygen atoms in total. The van der Waals surface area contributed by atoms with Gasteiger partial charge in [-0.2, -0.15) is 30.6 Å². The number of hydrogen-bond acceptors (Lipinski definition) is 26. The first-order valence-corrected chi connectivity index (χ1v) is 41.1. The highest BCUT2D eigenvalue weighted by atomic mass is 19.1. The fourth-order valence-electron chi connectivity index (χ4n) is 17.9. The van der Waals surface area contributed by atoms with Crippen molar-refractivity contribution in [3.8, 4) is 52.2 Å². The maximum Gasteiger partial charge on any atom is 0.316 e. The van der Waals surface area contributed by atoms with Gasteiger partial charge in [0.05, 0.1) is 90.6 Å². The Balaban J connectivity index is 0.000000115. The lowest BCUT2D eigenvalue weighted by molar-refractivity contribution is -0.0333. The zero-order valence-electron chi connectivity index (χ0n) is 68.2. The molecule has 1 aromatic carbocycles. The largest absolute Gasteiger partial charge is 0.472 e. The summed E-state index contributed by atoms with van der Waals surface area (Å²) in [5, 5.41) is 25.1. The van der Waals surface area contributed by atoms with E-state index in [2.05, 4.69) is 90.4 Å². The Bertz CT molecular complexity index is 5220. The zero-order chi connectivity index (χ0) is 83.4. The van der Waals surface area contributed by atoms with Crippen LogP contribution in [0.4, 0.5) is 4.39 Å². The van der Waals surface area contributed by atoms with Crippen molar-refractivity contribution in [2.75, 3.05) is 26.2 Å². The van der Waals surface area contributed by atoms with Crippen LogP contribution in [-0.4, -0.2) is 223 Å². The molecule has 4 aliphatic carbocycles. The lowest BCUT2D eigenvalue weighted by atomic mass is 9.77. The van der Waals surface area contributed by atoms with Crippen LogP contribution in [0.25, 0.3) is 28.5 Å². The summed E-state index contributed by atoms with van der Waals surface area (Å²) in [6.07, 6.45) is 35.7. The van der Waals surface area contributed by atoms with Crippen LogP contribution in [0.2, 0.25) is 0 Å². The molecule has 0 radical (unpaired) electrons. The average Bonchev–Trinajstić information content (AvgIpc) is 1.47. The second-order valence-electron chi connectivity index (χ2n) is 32.3. The topological polar surface area (TPSA) is 365 Å². The third kappa shape index (κ3) is 17.7. The molecular formula is C87H92FN25O8. The molecule has 12 atom stereocenters. The van der Waals surface area contributed by atoms with Crippen molar-refractivity contribution in [2.24, 2.45) is 23.7 Å². The Morgan fingerprint density at radius 3 is 1.08 bits per heavy atom. The summed E-state index contributed by atoms with van der Waals surface area (Å²) in [5.74, 6) is 1.81. The summed E-state index contributed by atoms with van der Waals surface area (Å²) >= 11 is 0. The van der Waals surface area contributed by atoms with Gasteiger partial charge in [0, 0.05) is 92.7 Å². The van der Waals surface area contributed by atoms with Gasteiger partial charge >= 0.3 is 12.0 Å². The number of rotatable bonds is 16. The molecule has 0 spiro atoms. The highest BCUT2D eigenvalue weighted by Crippen LogP contribution is 2.43. The number of amides is 4. The first-order chi connectivity index (χ1) is 58.8. The molecule has 12 aromatic rings. The summed E-state index contributed by atoms with van der Waals surface area (Å²) in [5.41, 5.74) is 9.48. The van der Waals surface area contributed by atoms with Gasteiger partial charge in [0.25, 0.3) is 23.6 Å². The van der Waals surface area contributed by atoms with Gasteiger partial charge in [-0.25, -0.2) is 59.2 Å². The molecular weight excluding hydrogens is 1540 g/mol. The van der Waals surface area contributed by atoms with Gasteiger partial charge in [-0.15, -0.1) is 14.4 Å². The molecule has 34 heteroatoms. The minimum atomic E-state index is -0.514. The van der Waals surface area contributed by atoms with Crippen LogP contribution in [0.1, 0.15) is 158 Å². The molecule has 12 aliphatic rings. The van der Waals surface area contributed by atoms with E-state index in [-0.39, 0.29) is 89.2 Å². The lowest BCUT2D eigenvalue weighted by Crippen LogP contribution is -2.59. The monoisotopic (exact) mass is 1630 g/mol. The van der Waals surface area contributed by atoms with Gasteiger partial charge in [-0.05, 0) is 220 Å². The van der Waals surface area contributed by atoms with Crippen LogP contribution < -0.4 is 18.9 Å². The summed E-state index contributed by atoms with van der Waals surface area (Å²) in [4.78, 5) is 118. The first-order valence-electron chi connectivity index (χ1n) is 41.1. The van der Waals surface area contributed by atoms with Gasteiger partial charge in [0.2, 0.25) is 11.8 Å². The molecule has 8 aliphatic heterocycles. The summed E-state index contributed by atoms with van der Waals surface area (Å²) in [6, 6.07) is 21.7. The van der Waals surface area contributed by atoms with Crippen molar-refractivity contribution < 1.29 is 42.5 Å². The van der Waals surface area contributed by atoms with E-state index >= 15 is 0 Å². The van der Waals surface area contributed by atoms with E-state index in [0.717, 1.165) is 123 Å². The number of aromatic nitrogens is 21. The van der Waals surface area contributed by atoms with Crippen LogP contribution in [0.3, 0.4) is 0 Å². The number of aryl methyl sites for hydroxylation is 7. The standard InChI is InChI=1S/C23H22FN5O2.C22H24N6O2.2C21H23N7O2/c1-14-11-27-23(28-12-14)31-19-10-15-6-7-18(19)29(13-15)22(30)16-4-2-5-17(24)20(16)21-25-8-3-9-26-21;1-14-3-8-20(23-12-14)30-19-11-16-5-7-17(19)27(13-16)22(29)21-18(6-4-15(2)26-21)28-24-9-10-25-28;1-13-10-22-21(23-11-13)30-18-9-15-4-6-16(18)27(12-15)20(29)19-17(5-3-14(2)26-19)28-24-7-8-25-28;1-13-3-5-17(28-24-7-8-25-28)20(26-13)21(29)27-12-15-4-6-16(27)18(9-15)30-19-11-22-14(2)10-23-19/h2-5,8-9,11-12,15,18-19H,6-7,10,13H2,1H3;3-4,6,8-10,12,16-17,19H,5,7,11,13H2,1-2H3;2*3,5,7-8,10-11,15-16,18H,4,6,9,12H2,1-2H3. The minimum Gasteiger partial charge on any atom is -0.472 e. The van der Waals surface area contributed by atoms with Crippen molar-refractivity contribution in [1.29, 1.82) is 0 Å². The van der Waals surface area contributed by atoms with Gasteiger partial charge in [-0.3, -0.25) is 24.2 Å². The molecule has 24 rings (SSSR count). The zero-order valence-corrected chi connectivity index (χ0v) is 68.2. The Kier molecular flexibility index (Phi) is 23.3. The Morgan fingerprint density at radius 2 is 0.711 bits per heavy atom. The number of halogens is 1. The summed E-state index contributed by atoms with van der Waals surface area (Å²) < 4.78 is 39.4. The lowest BCUT2D eigenvalue weighted by Gasteiger charge is -2.49. The van der Waals surface area contributed by atoms with E-state index in [1.165, 1.54) is 32.8 Å². The molecule has 0 N–H and O–H groups in total. The van der Waals surface area contributed by atoms with Crippen molar-refractivity contribution in [1.82, 2.24) is 124 Å². The van der Waals surface area contributed by atoms with Crippen LogP contribution in [0.5, 0.6) is 23.8 Å². The molecule has 4 amide bonds. The third-order valence-electron chi connectivity index (χ3n) is 23.7. The van der Waals surface area contributed by atoms with Crippen molar-refractivity contribution in [3.05, 3.63) is 234 Å². The molecule has 121 heavy (non-hydrogen) atoms. The van der Waals surface area contributed by atoms with E-state index < -0.39 is 5.82 Å². The minimum absolute atomic E-state index is 0.00588. The van der Waals surface area contributed by atoms with E-state index in [1.807, 2.05) is 117 Å². The normalized spacial score (nSPS) is 22.7. The van der Waals surface area contributed by atoms with Crippen LogP contribution in [0.15, 0.2) is 166 Å². The average molecular weight is 1630 g/mol. The summed E-state index contributed by atoms with van der Waals surface area (Å²) in [7, 11) is 0. The first kappa shape index (κ1) is 80.0. The molecule has 19 heterocycles. The Hall–Kier alpha value is -13.4. The third-order valence-corrected chi connectivity index (χ3v) is 23.7. The number of benzene rings is 1. The molecule has 12 unspecified atom stereocenters. The van der Waals surface area contributed by atoms with Crippen LogP contribution in [-0.2, 0) is 0 Å². The molecule has 11 aromatic heterocycles. The van der Waals surface area contributed by atoms with Gasteiger partial charge < -0.3 is 38.5 Å². The van der Waals surface area contributed by atoms with Crippen LogP contribution in [0, 0.1) is 78.0 Å². The number of hydrogen-bond donors (Lipinski definition) is 0. The van der Waals surface area contributed by atoms with Crippen LogP contribution >= 0.6 is 0 Å². The number of ether oxygens (including phenoxy) is 4. The molecule has 12 fully saturated rings. The molecule has 4 saturated carbocycles. The maximum absolute atomic E-state index is 14.8. The van der Waals surface area contributed by atoms with Crippen molar-refractivity contribution in [2.45, 2.75) is 174 Å². The predicted molar refractivity (Wildman–Crippen MR) is 435 cm³/mol. The molecule has 8 bridgehead atoms. The number of piperidine rings is 8. The maximum atomic E-state index is 14.8. The fourth-order valence-corrected chi connectivity index (χ4v) is 17.9. The highest BCUT2D eigenvalue weighted by Gasteiger charge is 2.50.